The van der Waals surface area contributed by atoms with Crippen LogP contribution in [-0.4, -0.2) is 49.9 Å². The zero-order valence-corrected chi connectivity index (χ0v) is 18.8. The van der Waals surface area contributed by atoms with E-state index in [-0.39, 0.29) is 55.0 Å². The van der Waals surface area contributed by atoms with Crippen molar-refractivity contribution in [2.45, 2.75) is 19.4 Å². The number of aromatic nitrogens is 3. The van der Waals surface area contributed by atoms with E-state index in [4.69, 9.17) is 0 Å². The van der Waals surface area contributed by atoms with Gasteiger partial charge in [-0.25, -0.2) is 14.4 Å². The van der Waals surface area contributed by atoms with Crippen molar-refractivity contribution < 1.29 is 19.1 Å². The van der Waals surface area contributed by atoms with Gasteiger partial charge in [0.05, 0.1) is 28.4 Å². The van der Waals surface area contributed by atoms with E-state index in [0.29, 0.717) is 28.7 Å². The highest BCUT2D eigenvalue weighted by Crippen LogP contribution is 2.28. The number of carboxylic acids is 1. The first-order chi connectivity index (χ1) is 13.9. The SMILES string of the molecule is C[C@H](Nc1nc(C(=O)N2CCC(C(=O)O)C2)c2sccc2n1)c1cncc(F)c1.Cl.Cl. The smallest absolute Gasteiger partial charge is 0.308 e. The number of thiophene rings is 1. The Morgan fingerprint density at radius 3 is 2.77 bits per heavy atom. The average molecular weight is 488 g/mol. The predicted molar refractivity (Wildman–Crippen MR) is 120 cm³/mol. The molecule has 1 aliphatic heterocycles. The number of nitrogens with one attached hydrogen (secondary N) is 1. The Balaban J connectivity index is 0.00000171. The maximum absolute atomic E-state index is 13.5. The van der Waals surface area contributed by atoms with Crippen molar-refractivity contribution in [3.05, 3.63) is 47.0 Å². The normalized spacial score (nSPS) is 16.3. The topological polar surface area (TPSA) is 108 Å². The van der Waals surface area contributed by atoms with E-state index in [0.717, 1.165) is 6.20 Å². The monoisotopic (exact) mass is 487 g/mol. The van der Waals surface area contributed by atoms with E-state index in [1.165, 1.54) is 22.3 Å². The van der Waals surface area contributed by atoms with Crippen LogP contribution in [0.3, 0.4) is 0 Å². The molecule has 2 atom stereocenters. The van der Waals surface area contributed by atoms with Crippen molar-refractivity contribution in [1.82, 2.24) is 19.9 Å². The lowest BCUT2D eigenvalue weighted by Crippen LogP contribution is -2.31. The third-order valence-corrected chi connectivity index (χ3v) is 5.81. The number of carbonyl (C=O) groups excluding carboxylic acids is 1. The number of likely N-dealkylation sites (tertiary alicyclic amines) is 1. The number of hydrogen-bond donors (Lipinski definition) is 2. The van der Waals surface area contributed by atoms with Crippen molar-refractivity contribution in [2.24, 2.45) is 5.92 Å². The molecule has 166 valence electrons. The molecule has 4 rings (SSSR count). The summed E-state index contributed by atoms with van der Waals surface area (Å²) in [4.78, 5) is 38.5. The third kappa shape index (κ3) is 5.20. The number of nitrogens with zero attached hydrogens (tertiary/aromatic N) is 4. The molecule has 1 amide bonds. The number of anilines is 1. The van der Waals surface area contributed by atoms with Crippen LogP contribution in [0.25, 0.3) is 10.2 Å². The second-order valence-electron chi connectivity index (χ2n) is 6.91. The summed E-state index contributed by atoms with van der Waals surface area (Å²) in [5.74, 6) is -1.97. The van der Waals surface area contributed by atoms with Crippen molar-refractivity contribution in [1.29, 1.82) is 0 Å². The van der Waals surface area contributed by atoms with Crippen molar-refractivity contribution >= 4 is 64.2 Å². The number of carbonyl (C=O) groups is 2. The highest BCUT2D eigenvalue weighted by atomic mass is 35.5. The lowest BCUT2D eigenvalue weighted by atomic mass is 10.1. The Labute approximate surface area is 193 Å². The van der Waals surface area contributed by atoms with Gasteiger partial charge in [-0.2, -0.15) is 0 Å². The highest BCUT2D eigenvalue weighted by Gasteiger charge is 2.33. The van der Waals surface area contributed by atoms with Gasteiger partial charge < -0.3 is 15.3 Å². The second kappa shape index (κ2) is 10.2. The molecule has 1 aliphatic rings. The van der Waals surface area contributed by atoms with E-state index in [9.17, 15) is 19.1 Å². The van der Waals surface area contributed by atoms with Gasteiger partial charge in [-0.1, -0.05) is 0 Å². The highest BCUT2D eigenvalue weighted by molar-refractivity contribution is 7.17. The number of amides is 1. The zero-order valence-electron chi connectivity index (χ0n) is 16.3. The van der Waals surface area contributed by atoms with Crippen LogP contribution in [0.2, 0.25) is 0 Å². The molecule has 1 unspecified atom stereocenters. The molecule has 0 spiro atoms. The largest absolute Gasteiger partial charge is 0.481 e. The fourth-order valence-electron chi connectivity index (χ4n) is 3.31. The van der Waals surface area contributed by atoms with Gasteiger partial charge in [-0.05, 0) is 36.4 Å². The molecule has 4 heterocycles. The van der Waals surface area contributed by atoms with Crippen LogP contribution in [0.5, 0.6) is 0 Å². The van der Waals surface area contributed by atoms with Crippen LogP contribution in [0.15, 0.2) is 29.9 Å². The molecule has 1 fully saturated rings. The van der Waals surface area contributed by atoms with Gasteiger partial charge in [0, 0.05) is 19.3 Å². The van der Waals surface area contributed by atoms with E-state index >= 15 is 0 Å². The Hall–Kier alpha value is -2.56. The molecular formula is C19H20Cl2FN5O3S. The van der Waals surface area contributed by atoms with E-state index < -0.39 is 17.7 Å². The lowest BCUT2D eigenvalue weighted by Gasteiger charge is -2.18. The Morgan fingerprint density at radius 2 is 2.10 bits per heavy atom. The summed E-state index contributed by atoms with van der Waals surface area (Å²) in [5, 5.41) is 14.1. The average Bonchev–Trinajstić information content (AvgIpc) is 3.36. The van der Waals surface area contributed by atoms with Crippen molar-refractivity contribution in [3.63, 3.8) is 0 Å². The standard InChI is InChI=1S/C19H18FN5O3S.2ClH/c1-10(12-6-13(20)8-21-7-12)22-19-23-14-3-5-29-16(14)15(24-19)17(26)25-4-2-11(9-25)18(27)28;;/h3,5-8,10-11H,2,4,9H2,1H3,(H,27,28)(H,22,23,24);2*1H/t10-,11?;;/m0../s1. The first-order valence-corrected chi connectivity index (χ1v) is 9.94. The van der Waals surface area contributed by atoms with Crippen LogP contribution in [-0.2, 0) is 4.79 Å². The van der Waals surface area contributed by atoms with Gasteiger partial charge in [0.15, 0.2) is 5.69 Å². The fraction of sp³-hybridized carbons (Fsp3) is 0.316. The Morgan fingerprint density at radius 1 is 1.32 bits per heavy atom. The summed E-state index contributed by atoms with van der Waals surface area (Å²) >= 11 is 1.36. The number of halogens is 3. The minimum Gasteiger partial charge on any atom is -0.481 e. The summed E-state index contributed by atoms with van der Waals surface area (Å²) < 4.78 is 14.1. The van der Waals surface area contributed by atoms with Gasteiger partial charge in [0.25, 0.3) is 5.91 Å². The molecule has 0 bridgehead atoms. The Bertz CT molecular complexity index is 1100. The maximum Gasteiger partial charge on any atom is 0.308 e. The number of aliphatic carboxylic acids is 1. The lowest BCUT2D eigenvalue weighted by molar-refractivity contribution is -0.141. The minimum absolute atomic E-state index is 0. The summed E-state index contributed by atoms with van der Waals surface area (Å²) in [6.07, 6.45) is 3.10. The zero-order chi connectivity index (χ0) is 20.5. The van der Waals surface area contributed by atoms with Crippen molar-refractivity contribution in [2.75, 3.05) is 18.4 Å². The van der Waals surface area contributed by atoms with Gasteiger partial charge in [0.1, 0.15) is 5.82 Å². The van der Waals surface area contributed by atoms with Crippen LogP contribution in [0.1, 0.15) is 35.4 Å². The maximum atomic E-state index is 13.5. The molecule has 0 saturated carbocycles. The first kappa shape index (κ1) is 24.7. The number of hydrogen-bond acceptors (Lipinski definition) is 7. The summed E-state index contributed by atoms with van der Waals surface area (Å²) in [7, 11) is 0. The molecule has 2 N–H and O–H groups in total. The van der Waals surface area contributed by atoms with Crippen LogP contribution in [0.4, 0.5) is 10.3 Å². The number of pyridine rings is 1. The third-order valence-electron chi connectivity index (χ3n) is 4.90. The van der Waals surface area contributed by atoms with Crippen LogP contribution < -0.4 is 5.32 Å². The molecule has 0 aliphatic carbocycles. The van der Waals surface area contributed by atoms with E-state index in [1.807, 2.05) is 12.3 Å². The number of carboxylic acid groups (broad SMARTS) is 1. The number of fused-ring (bicyclic) bond motifs is 1. The summed E-state index contributed by atoms with van der Waals surface area (Å²) in [6, 6.07) is 2.83. The minimum atomic E-state index is -0.899. The van der Waals surface area contributed by atoms with Gasteiger partial charge >= 0.3 is 5.97 Å². The first-order valence-electron chi connectivity index (χ1n) is 9.06. The summed E-state index contributed by atoms with van der Waals surface area (Å²) in [6.45, 7) is 2.36. The quantitative estimate of drug-likeness (QED) is 0.563. The van der Waals surface area contributed by atoms with Gasteiger partial charge in [-0.15, -0.1) is 36.2 Å². The molecule has 3 aromatic heterocycles. The molecule has 0 radical (unpaired) electrons. The van der Waals surface area contributed by atoms with Crippen LogP contribution in [0, 0.1) is 11.7 Å². The van der Waals surface area contributed by atoms with Gasteiger partial charge in [0.2, 0.25) is 5.95 Å². The molecule has 8 nitrogen and oxygen atoms in total. The fourth-order valence-corrected chi connectivity index (χ4v) is 4.12. The predicted octanol–water partition coefficient (Wildman–Crippen LogP) is 3.79. The molecule has 0 aromatic carbocycles. The van der Waals surface area contributed by atoms with Crippen molar-refractivity contribution in [3.8, 4) is 0 Å². The molecule has 3 aromatic rings. The van der Waals surface area contributed by atoms with Crippen LogP contribution >= 0.6 is 36.2 Å². The van der Waals surface area contributed by atoms with E-state index in [1.54, 1.807) is 12.3 Å². The van der Waals surface area contributed by atoms with Gasteiger partial charge in [-0.3, -0.25) is 14.6 Å². The van der Waals surface area contributed by atoms with E-state index in [2.05, 4.69) is 20.3 Å². The molecule has 31 heavy (non-hydrogen) atoms. The Kier molecular flexibility index (Phi) is 8.10. The molecule has 12 heteroatoms. The number of rotatable bonds is 5. The molecular weight excluding hydrogens is 468 g/mol. The second-order valence-corrected chi connectivity index (χ2v) is 7.82. The molecule has 1 saturated heterocycles. The summed E-state index contributed by atoms with van der Waals surface area (Å²) in [5.41, 5.74) is 1.48.